The third-order valence-electron chi connectivity index (χ3n) is 11.5. The second kappa shape index (κ2) is 13.6. The van der Waals surface area contributed by atoms with Crippen LogP contribution in [0.4, 0.5) is 0 Å². The van der Waals surface area contributed by atoms with Crippen molar-refractivity contribution in [3.8, 4) is 40.6 Å². The summed E-state index contributed by atoms with van der Waals surface area (Å²) in [5, 5.41) is 6.68. The Kier molecular flexibility index (Phi) is 7.76. The highest BCUT2D eigenvalue weighted by molar-refractivity contribution is 6.12. The lowest BCUT2D eigenvalue weighted by Crippen LogP contribution is -2.00. The maximum absolute atomic E-state index is 6.68. The number of rotatable bonds is 7. The fourth-order valence-electron chi connectivity index (χ4n) is 8.81. The summed E-state index contributed by atoms with van der Waals surface area (Å²) in [6.07, 6.45) is 7.17. The molecule has 61 heavy (non-hydrogen) atoms. The SMILES string of the molecule is Cc1ccc2c3ccc(Oc4ccc5c6ccc(Oc7ccc8c9ccc(C)cc9n(-c9ccccn9)c8c7)cc6n(-c6ncccn6)c5c4)cc3n(-c3ccccn3)c2c1. The fourth-order valence-corrected chi connectivity index (χ4v) is 8.81. The van der Waals surface area contributed by atoms with Crippen LogP contribution in [-0.2, 0) is 0 Å². The van der Waals surface area contributed by atoms with E-state index in [2.05, 4.69) is 112 Å². The quantitative estimate of drug-likeness (QED) is 0.160. The number of pyridine rings is 2. The van der Waals surface area contributed by atoms with Crippen LogP contribution in [0, 0.1) is 13.8 Å². The Balaban J connectivity index is 0.955. The first-order chi connectivity index (χ1) is 30.0. The molecule has 0 atom stereocenters. The summed E-state index contributed by atoms with van der Waals surface area (Å²) in [7, 11) is 0. The lowest BCUT2D eigenvalue weighted by molar-refractivity contribution is 0.484. The van der Waals surface area contributed by atoms with Crippen molar-refractivity contribution < 1.29 is 9.47 Å². The molecular weight excluding hydrogens is 755 g/mol. The summed E-state index contributed by atoms with van der Waals surface area (Å²) in [6.45, 7) is 4.23. The first kappa shape index (κ1) is 34.7. The molecule has 12 rings (SSSR count). The van der Waals surface area contributed by atoms with Crippen LogP contribution in [-0.4, -0.2) is 33.6 Å². The second-order valence-corrected chi connectivity index (χ2v) is 15.4. The van der Waals surface area contributed by atoms with E-state index in [1.165, 1.54) is 21.9 Å². The highest BCUT2D eigenvalue weighted by atomic mass is 16.5. The number of benzene rings is 6. The van der Waals surface area contributed by atoms with E-state index < -0.39 is 0 Å². The number of nitrogens with zero attached hydrogens (tertiary/aromatic N) is 7. The molecule has 290 valence electrons. The monoisotopic (exact) mass is 789 g/mol. The minimum atomic E-state index is 0.546. The van der Waals surface area contributed by atoms with Gasteiger partial charge in [0.25, 0.3) is 0 Å². The zero-order chi connectivity index (χ0) is 40.6. The van der Waals surface area contributed by atoms with Gasteiger partial charge in [-0.3, -0.25) is 13.7 Å². The first-order valence-corrected chi connectivity index (χ1v) is 20.2. The number of ether oxygens (including phenoxy) is 2. The molecule has 0 unspecified atom stereocenters. The zero-order valence-corrected chi connectivity index (χ0v) is 33.2. The van der Waals surface area contributed by atoms with Crippen LogP contribution in [0.5, 0.6) is 23.0 Å². The van der Waals surface area contributed by atoms with Gasteiger partial charge in [-0.05, 0) is 116 Å². The van der Waals surface area contributed by atoms with Crippen molar-refractivity contribution in [2.45, 2.75) is 13.8 Å². The molecule has 0 aliphatic rings. The molecule has 6 aromatic heterocycles. The van der Waals surface area contributed by atoms with Gasteiger partial charge in [0.05, 0.1) is 33.1 Å². The molecule has 0 spiro atoms. The maximum Gasteiger partial charge on any atom is 0.234 e. The molecule has 0 saturated carbocycles. The van der Waals surface area contributed by atoms with Gasteiger partial charge in [-0.2, -0.15) is 0 Å². The van der Waals surface area contributed by atoms with Crippen LogP contribution >= 0.6 is 0 Å². The minimum absolute atomic E-state index is 0.546. The van der Waals surface area contributed by atoms with E-state index in [4.69, 9.17) is 29.4 Å². The average Bonchev–Trinajstić information content (AvgIpc) is 3.90. The summed E-state index contributed by atoms with van der Waals surface area (Å²) in [5.74, 6) is 5.05. The number of aryl methyl sites for hydroxylation is 2. The molecular formula is C52H35N7O2. The molecule has 6 heterocycles. The van der Waals surface area contributed by atoms with Gasteiger partial charge < -0.3 is 9.47 Å². The van der Waals surface area contributed by atoms with Gasteiger partial charge in [0.15, 0.2) is 0 Å². The number of fused-ring (bicyclic) bond motifs is 9. The van der Waals surface area contributed by atoms with Crippen LogP contribution in [0.25, 0.3) is 83.0 Å². The summed E-state index contributed by atoms with van der Waals surface area (Å²) < 4.78 is 19.8. The molecule has 0 radical (unpaired) electrons. The van der Waals surface area contributed by atoms with Gasteiger partial charge >= 0.3 is 0 Å². The Hall–Kier alpha value is -8.30. The van der Waals surface area contributed by atoms with Crippen molar-refractivity contribution in [2.24, 2.45) is 0 Å². The number of hydrogen-bond acceptors (Lipinski definition) is 6. The summed E-state index contributed by atoms with van der Waals surface area (Å²) in [6, 6.07) is 51.8. The third kappa shape index (κ3) is 5.70. The predicted molar refractivity (Wildman–Crippen MR) is 243 cm³/mol. The van der Waals surface area contributed by atoms with E-state index >= 15 is 0 Å². The predicted octanol–water partition coefficient (Wildman–Crippen LogP) is 12.8. The van der Waals surface area contributed by atoms with Crippen LogP contribution in [0.2, 0.25) is 0 Å². The maximum atomic E-state index is 6.68. The smallest absolute Gasteiger partial charge is 0.234 e. The molecule has 9 nitrogen and oxygen atoms in total. The fraction of sp³-hybridized carbons (Fsp3) is 0.0385. The lowest BCUT2D eigenvalue weighted by atomic mass is 10.1. The highest BCUT2D eigenvalue weighted by Gasteiger charge is 2.19. The average molecular weight is 790 g/mol. The van der Waals surface area contributed by atoms with Crippen molar-refractivity contribution in [2.75, 3.05) is 0 Å². The molecule has 9 heteroatoms. The molecule has 0 amide bonds. The minimum Gasteiger partial charge on any atom is -0.457 e. The normalized spacial score (nSPS) is 11.8. The first-order valence-electron chi connectivity index (χ1n) is 20.2. The van der Waals surface area contributed by atoms with E-state index in [9.17, 15) is 0 Å². The van der Waals surface area contributed by atoms with Gasteiger partial charge in [-0.1, -0.05) is 36.4 Å². The zero-order valence-electron chi connectivity index (χ0n) is 33.2. The van der Waals surface area contributed by atoms with Crippen molar-refractivity contribution in [3.05, 3.63) is 188 Å². The number of aromatic nitrogens is 7. The standard InChI is InChI=1S/C52H35N7O2/c1-32-10-16-38-40-18-12-34(28-46(40)57(44(38)26-32)50-8-3-5-22-53-50)60-36-14-20-42-43-21-15-37(31-49(43)59(48(42)30-36)52-55-24-7-25-56-52)61-35-13-19-41-39-17-11-33(2)27-45(39)58(47(41)29-35)51-9-4-6-23-54-51/h3-31H,1-2H3. The van der Waals surface area contributed by atoms with E-state index in [-0.39, 0.29) is 0 Å². The topological polar surface area (TPSA) is 84.8 Å². The van der Waals surface area contributed by atoms with Crippen LogP contribution < -0.4 is 9.47 Å². The Labute approximate surface area is 349 Å². The molecule has 0 saturated heterocycles. The van der Waals surface area contributed by atoms with E-state index in [1.807, 2.05) is 79.1 Å². The molecule has 0 aliphatic carbocycles. The summed E-state index contributed by atoms with van der Waals surface area (Å²) in [5.41, 5.74) is 8.43. The van der Waals surface area contributed by atoms with Gasteiger partial charge in [0.2, 0.25) is 5.95 Å². The summed E-state index contributed by atoms with van der Waals surface area (Å²) in [4.78, 5) is 18.8. The Morgan fingerprint density at radius 2 is 0.672 bits per heavy atom. The largest absolute Gasteiger partial charge is 0.457 e. The molecule has 0 bridgehead atoms. The number of hydrogen-bond donors (Lipinski definition) is 0. The second-order valence-electron chi connectivity index (χ2n) is 15.4. The summed E-state index contributed by atoms with van der Waals surface area (Å²) >= 11 is 0. The van der Waals surface area contributed by atoms with Crippen molar-refractivity contribution in [1.82, 2.24) is 33.6 Å². The molecule has 0 N–H and O–H groups in total. The van der Waals surface area contributed by atoms with Crippen molar-refractivity contribution in [1.29, 1.82) is 0 Å². The molecule has 0 aliphatic heterocycles. The van der Waals surface area contributed by atoms with Gasteiger partial charge in [0, 0.05) is 81.4 Å². The Bertz CT molecular complexity index is 3450. The van der Waals surface area contributed by atoms with E-state index in [1.54, 1.807) is 12.4 Å². The highest BCUT2D eigenvalue weighted by Crippen LogP contribution is 2.40. The third-order valence-corrected chi connectivity index (χ3v) is 11.5. The molecule has 12 aromatic rings. The van der Waals surface area contributed by atoms with Crippen LogP contribution in [0.1, 0.15) is 11.1 Å². The van der Waals surface area contributed by atoms with Crippen molar-refractivity contribution in [3.63, 3.8) is 0 Å². The Morgan fingerprint density at radius 1 is 0.328 bits per heavy atom. The van der Waals surface area contributed by atoms with E-state index in [0.29, 0.717) is 28.9 Å². The van der Waals surface area contributed by atoms with Gasteiger partial charge in [-0.15, -0.1) is 0 Å². The van der Waals surface area contributed by atoms with Crippen molar-refractivity contribution >= 4 is 65.4 Å². The van der Waals surface area contributed by atoms with Gasteiger partial charge in [-0.25, -0.2) is 19.9 Å². The molecule has 0 fully saturated rings. The van der Waals surface area contributed by atoms with E-state index in [0.717, 1.165) is 66.3 Å². The molecule has 6 aromatic carbocycles. The van der Waals surface area contributed by atoms with Crippen LogP contribution in [0.15, 0.2) is 176 Å². The van der Waals surface area contributed by atoms with Crippen LogP contribution in [0.3, 0.4) is 0 Å². The Morgan fingerprint density at radius 3 is 1.05 bits per heavy atom. The van der Waals surface area contributed by atoms with Gasteiger partial charge in [0.1, 0.15) is 34.6 Å². The lowest BCUT2D eigenvalue weighted by Gasteiger charge is -2.10.